The molecule has 4 nitrogen and oxygen atoms in total. The number of thiocarbonyl (C=S) groups is 1. The largest absolute Gasteiger partial charge is 0.389 e. The van der Waals surface area contributed by atoms with Gasteiger partial charge in [-0.3, -0.25) is 4.98 Å². The van der Waals surface area contributed by atoms with Crippen LogP contribution in [0.4, 0.5) is 5.82 Å². The van der Waals surface area contributed by atoms with Crippen LogP contribution in [0.15, 0.2) is 30.6 Å². The molecule has 0 aliphatic heterocycles. The van der Waals surface area contributed by atoms with Gasteiger partial charge in [0.2, 0.25) is 0 Å². The summed E-state index contributed by atoms with van der Waals surface area (Å²) < 4.78 is 0. The number of nitrogens with zero attached hydrogens (tertiary/aromatic N) is 3. The number of nitrogens with two attached hydrogens (primary N) is 1. The van der Waals surface area contributed by atoms with Crippen molar-refractivity contribution in [2.75, 3.05) is 11.9 Å². The summed E-state index contributed by atoms with van der Waals surface area (Å²) in [6.07, 6.45) is 3.57. The van der Waals surface area contributed by atoms with Crippen LogP contribution in [0.3, 0.4) is 0 Å². The van der Waals surface area contributed by atoms with Crippen LogP contribution in [0.5, 0.6) is 0 Å². The van der Waals surface area contributed by atoms with Gasteiger partial charge in [0, 0.05) is 31.7 Å². The van der Waals surface area contributed by atoms with E-state index in [4.69, 9.17) is 18.0 Å². The Labute approximate surface area is 124 Å². The summed E-state index contributed by atoms with van der Waals surface area (Å²) in [6.45, 7) is 4.71. The number of hydrogen-bond donors (Lipinski definition) is 1. The van der Waals surface area contributed by atoms with Crippen LogP contribution in [0, 0.1) is 13.8 Å². The van der Waals surface area contributed by atoms with E-state index >= 15 is 0 Å². The monoisotopic (exact) mass is 286 g/mol. The highest BCUT2D eigenvalue weighted by atomic mass is 32.1. The van der Waals surface area contributed by atoms with Crippen molar-refractivity contribution in [3.05, 3.63) is 53.0 Å². The summed E-state index contributed by atoms with van der Waals surface area (Å²) in [5.41, 5.74) is 9.88. The molecule has 0 radical (unpaired) electrons. The molecule has 2 N–H and O–H groups in total. The predicted molar refractivity (Wildman–Crippen MR) is 85.9 cm³/mol. The van der Waals surface area contributed by atoms with Gasteiger partial charge >= 0.3 is 0 Å². The molecule has 2 heterocycles. The van der Waals surface area contributed by atoms with E-state index in [9.17, 15) is 0 Å². The van der Waals surface area contributed by atoms with Gasteiger partial charge in [0.15, 0.2) is 0 Å². The van der Waals surface area contributed by atoms with Crippen LogP contribution in [-0.4, -0.2) is 22.0 Å². The van der Waals surface area contributed by atoms with Crippen LogP contribution in [0.2, 0.25) is 0 Å². The summed E-state index contributed by atoms with van der Waals surface area (Å²) in [5, 5.41) is 0. The van der Waals surface area contributed by atoms with Gasteiger partial charge in [-0.05, 0) is 43.2 Å². The SMILES string of the molecule is Cc1cc(C)c(C(N)=S)c(N(C)Cc2ccncc2)n1. The summed E-state index contributed by atoms with van der Waals surface area (Å²) in [4.78, 5) is 11.1. The Bertz CT molecular complexity index is 625. The van der Waals surface area contributed by atoms with E-state index in [-0.39, 0.29) is 0 Å². The lowest BCUT2D eigenvalue weighted by molar-refractivity contribution is 0.886. The molecule has 2 aromatic heterocycles. The summed E-state index contributed by atoms with van der Waals surface area (Å²) in [5.74, 6) is 0.826. The van der Waals surface area contributed by atoms with E-state index in [1.165, 1.54) is 0 Å². The Balaban J connectivity index is 2.38. The molecule has 0 atom stereocenters. The lowest BCUT2D eigenvalue weighted by Gasteiger charge is -2.22. The van der Waals surface area contributed by atoms with Crippen molar-refractivity contribution in [1.82, 2.24) is 9.97 Å². The van der Waals surface area contributed by atoms with Gasteiger partial charge in [0.1, 0.15) is 10.8 Å². The van der Waals surface area contributed by atoms with E-state index in [0.29, 0.717) is 4.99 Å². The van der Waals surface area contributed by atoms with E-state index in [2.05, 4.69) is 14.9 Å². The molecular weight excluding hydrogens is 268 g/mol. The van der Waals surface area contributed by atoms with E-state index < -0.39 is 0 Å². The molecule has 0 aliphatic carbocycles. The first-order valence-corrected chi connectivity index (χ1v) is 6.78. The minimum Gasteiger partial charge on any atom is -0.389 e. The fourth-order valence-corrected chi connectivity index (χ4v) is 2.49. The first kappa shape index (κ1) is 14.4. The van der Waals surface area contributed by atoms with Gasteiger partial charge in [-0.25, -0.2) is 4.98 Å². The van der Waals surface area contributed by atoms with Gasteiger partial charge < -0.3 is 10.6 Å². The fraction of sp³-hybridized carbons (Fsp3) is 0.267. The first-order chi connectivity index (χ1) is 9.49. The molecule has 5 heteroatoms. The molecule has 0 aliphatic rings. The number of rotatable bonds is 4. The molecule has 2 rings (SSSR count). The molecule has 0 unspecified atom stereocenters. The summed E-state index contributed by atoms with van der Waals surface area (Å²) in [6, 6.07) is 5.97. The molecular formula is C15H18N4S. The number of anilines is 1. The third-order valence-corrected chi connectivity index (χ3v) is 3.31. The molecule has 20 heavy (non-hydrogen) atoms. The zero-order valence-corrected chi connectivity index (χ0v) is 12.7. The smallest absolute Gasteiger partial charge is 0.139 e. The topological polar surface area (TPSA) is 55.0 Å². The van der Waals surface area contributed by atoms with Gasteiger partial charge in [0.05, 0.1) is 5.56 Å². The van der Waals surface area contributed by atoms with Crippen molar-refractivity contribution in [2.24, 2.45) is 5.73 Å². The average Bonchev–Trinajstić information content (AvgIpc) is 2.38. The molecule has 0 fully saturated rings. The standard InChI is InChI=1S/C15H18N4S/c1-10-8-11(2)18-15(13(10)14(16)20)19(3)9-12-4-6-17-7-5-12/h4-8H,9H2,1-3H3,(H2,16,20). The van der Waals surface area contributed by atoms with E-state index in [1.807, 2.05) is 39.1 Å². The second-order valence-corrected chi connectivity index (χ2v) is 5.29. The number of aromatic nitrogens is 2. The quantitative estimate of drug-likeness (QED) is 0.875. The molecule has 0 saturated carbocycles. The maximum absolute atomic E-state index is 5.85. The van der Waals surface area contributed by atoms with E-state index in [0.717, 1.165) is 34.7 Å². The normalized spacial score (nSPS) is 10.3. The van der Waals surface area contributed by atoms with Crippen LogP contribution in [-0.2, 0) is 6.54 Å². The first-order valence-electron chi connectivity index (χ1n) is 6.37. The van der Waals surface area contributed by atoms with Crippen LogP contribution >= 0.6 is 12.2 Å². The lowest BCUT2D eigenvalue weighted by Crippen LogP contribution is -2.24. The number of pyridine rings is 2. The molecule has 0 aromatic carbocycles. The predicted octanol–water partition coefficient (Wildman–Crippen LogP) is 2.36. The van der Waals surface area contributed by atoms with Gasteiger partial charge in [-0.1, -0.05) is 12.2 Å². The Morgan fingerprint density at radius 2 is 1.95 bits per heavy atom. The van der Waals surface area contributed by atoms with Crippen LogP contribution < -0.4 is 10.6 Å². The number of aryl methyl sites for hydroxylation is 2. The van der Waals surface area contributed by atoms with Crippen LogP contribution in [0.25, 0.3) is 0 Å². The highest BCUT2D eigenvalue weighted by Gasteiger charge is 2.15. The molecule has 2 aromatic rings. The molecule has 0 amide bonds. The highest BCUT2D eigenvalue weighted by Crippen LogP contribution is 2.23. The third kappa shape index (κ3) is 3.11. The average molecular weight is 286 g/mol. The summed E-state index contributed by atoms with van der Waals surface area (Å²) >= 11 is 5.17. The second kappa shape index (κ2) is 5.96. The zero-order valence-electron chi connectivity index (χ0n) is 11.9. The Hall–Kier alpha value is -2.01. The highest BCUT2D eigenvalue weighted by molar-refractivity contribution is 7.80. The Morgan fingerprint density at radius 3 is 2.55 bits per heavy atom. The summed E-state index contributed by atoms with van der Waals surface area (Å²) in [7, 11) is 1.99. The minimum atomic E-state index is 0.381. The van der Waals surface area contributed by atoms with Crippen molar-refractivity contribution in [3.63, 3.8) is 0 Å². The Kier molecular flexibility index (Phi) is 4.29. The van der Waals surface area contributed by atoms with Crippen LogP contribution in [0.1, 0.15) is 22.4 Å². The molecule has 0 bridgehead atoms. The van der Waals surface area contributed by atoms with Gasteiger partial charge in [-0.15, -0.1) is 0 Å². The third-order valence-electron chi connectivity index (χ3n) is 3.10. The maximum Gasteiger partial charge on any atom is 0.139 e. The molecule has 0 saturated heterocycles. The van der Waals surface area contributed by atoms with Gasteiger partial charge in [-0.2, -0.15) is 0 Å². The van der Waals surface area contributed by atoms with Crippen molar-refractivity contribution < 1.29 is 0 Å². The fourth-order valence-electron chi connectivity index (χ4n) is 2.23. The minimum absolute atomic E-state index is 0.381. The number of hydrogen-bond acceptors (Lipinski definition) is 4. The van der Waals surface area contributed by atoms with E-state index in [1.54, 1.807) is 12.4 Å². The zero-order chi connectivity index (χ0) is 14.7. The molecule has 0 spiro atoms. The Morgan fingerprint density at radius 1 is 1.30 bits per heavy atom. The van der Waals surface area contributed by atoms with Gasteiger partial charge in [0.25, 0.3) is 0 Å². The lowest BCUT2D eigenvalue weighted by atomic mass is 10.1. The van der Waals surface area contributed by atoms with Crippen molar-refractivity contribution in [2.45, 2.75) is 20.4 Å². The van der Waals surface area contributed by atoms with Crippen molar-refractivity contribution >= 4 is 23.0 Å². The van der Waals surface area contributed by atoms with Crippen molar-refractivity contribution in [3.8, 4) is 0 Å². The molecule has 104 valence electrons. The maximum atomic E-state index is 5.85. The second-order valence-electron chi connectivity index (χ2n) is 4.85. The van der Waals surface area contributed by atoms with Crippen molar-refractivity contribution in [1.29, 1.82) is 0 Å².